The molecule has 0 spiro atoms. The lowest BCUT2D eigenvalue weighted by Crippen LogP contribution is -2.38. The number of alkyl halides is 1. The van der Waals surface area contributed by atoms with Crippen molar-refractivity contribution in [3.8, 4) is 0 Å². The van der Waals surface area contributed by atoms with E-state index < -0.39 is 17.5 Å². The molecule has 1 atom stereocenters. The van der Waals surface area contributed by atoms with Crippen molar-refractivity contribution in [2.75, 3.05) is 36.9 Å². The van der Waals surface area contributed by atoms with E-state index >= 15 is 0 Å². The third kappa shape index (κ3) is 3.86. The van der Waals surface area contributed by atoms with Gasteiger partial charge in [0.05, 0.1) is 30.8 Å². The highest BCUT2D eigenvalue weighted by Crippen LogP contribution is 2.28. The smallest absolute Gasteiger partial charge is 0.277 e. The summed E-state index contributed by atoms with van der Waals surface area (Å²) in [6.45, 7) is 2.73. The first-order chi connectivity index (χ1) is 13.9. The number of aryl methyl sites for hydroxylation is 1. The maximum Gasteiger partial charge on any atom is 0.277 e. The number of rotatable bonds is 5. The van der Waals surface area contributed by atoms with E-state index in [0.717, 1.165) is 0 Å². The second-order valence-electron chi connectivity index (χ2n) is 7.10. The SMILES string of the molecule is CNCC1(F)CCN(c2cnc(C(=O)Nc3cn4cc(C)nc4c(F)n3)cn2)C1. The van der Waals surface area contributed by atoms with Crippen LogP contribution in [0.15, 0.2) is 24.8 Å². The molecule has 11 heteroatoms. The molecule has 9 nitrogen and oxygen atoms in total. The molecule has 4 heterocycles. The van der Waals surface area contributed by atoms with E-state index in [4.69, 9.17) is 0 Å². The van der Waals surface area contributed by atoms with Gasteiger partial charge < -0.3 is 15.5 Å². The molecule has 29 heavy (non-hydrogen) atoms. The number of carbonyl (C=O) groups excluding carboxylic acids is 1. The van der Waals surface area contributed by atoms with E-state index in [1.165, 1.54) is 23.0 Å². The van der Waals surface area contributed by atoms with Gasteiger partial charge in [-0.25, -0.2) is 19.3 Å². The third-order valence-corrected chi connectivity index (χ3v) is 4.75. The average molecular weight is 402 g/mol. The van der Waals surface area contributed by atoms with Gasteiger partial charge in [-0.1, -0.05) is 0 Å². The first-order valence-electron chi connectivity index (χ1n) is 9.11. The fourth-order valence-corrected chi connectivity index (χ4v) is 3.42. The van der Waals surface area contributed by atoms with Gasteiger partial charge in [0, 0.05) is 25.7 Å². The lowest BCUT2D eigenvalue weighted by molar-refractivity contribution is 0.102. The molecule has 1 aliphatic heterocycles. The lowest BCUT2D eigenvalue weighted by Gasteiger charge is -2.21. The number of aromatic nitrogens is 5. The number of carbonyl (C=O) groups is 1. The predicted molar refractivity (Wildman–Crippen MR) is 102 cm³/mol. The van der Waals surface area contributed by atoms with Gasteiger partial charge in [0.2, 0.25) is 0 Å². The van der Waals surface area contributed by atoms with E-state index in [0.29, 0.717) is 24.5 Å². The van der Waals surface area contributed by atoms with Crippen molar-refractivity contribution in [3.63, 3.8) is 0 Å². The largest absolute Gasteiger partial charge is 0.352 e. The first-order valence-corrected chi connectivity index (χ1v) is 9.11. The molecule has 3 aromatic heterocycles. The topological polar surface area (TPSA) is 100 Å². The van der Waals surface area contributed by atoms with Crippen LogP contribution >= 0.6 is 0 Å². The summed E-state index contributed by atoms with van der Waals surface area (Å²) in [6.07, 6.45) is 6.21. The summed E-state index contributed by atoms with van der Waals surface area (Å²) in [5, 5.41) is 5.35. The Hall–Kier alpha value is -3.21. The fourth-order valence-electron chi connectivity index (χ4n) is 3.42. The standard InChI is InChI=1S/C18H20F2N8O/c1-11-7-28-8-13(25-15(19)16(28)24-11)26-17(29)12-5-23-14(6-22-12)27-4-3-18(20,10-27)9-21-2/h5-8,21H,3-4,9-10H2,1-2H3,(H,26,29). The van der Waals surface area contributed by atoms with Gasteiger partial charge in [0.15, 0.2) is 11.5 Å². The van der Waals surface area contributed by atoms with Gasteiger partial charge >= 0.3 is 0 Å². The molecule has 0 aliphatic carbocycles. The highest BCUT2D eigenvalue weighted by Gasteiger charge is 2.38. The van der Waals surface area contributed by atoms with Crippen LogP contribution in [0.2, 0.25) is 0 Å². The fraction of sp³-hybridized carbons (Fsp3) is 0.389. The van der Waals surface area contributed by atoms with Gasteiger partial charge in [-0.05, 0) is 14.0 Å². The Balaban J connectivity index is 1.46. The molecule has 2 N–H and O–H groups in total. The maximum atomic E-state index is 14.6. The van der Waals surface area contributed by atoms with Crippen molar-refractivity contribution >= 4 is 23.2 Å². The molecule has 0 saturated carbocycles. The quantitative estimate of drug-likeness (QED) is 0.665. The zero-order valence-corrected chi connectivity index (χ0v) is 16.0. The van der Waals surface area contributed by atoms with E-state index in [2.05, 4.69) is 30.6 Å². The molecule has 1 aliphatic rings. The minimum absolute atomic E-state index is 0.0251. The zero-order valence-electron chi connectivity index (χ0n) is 16.0. The number of nitrogens with zero attached hydrogens (tertiary/aromatic N) is 6. The highest BCUT2D eigenvalue weighted by molar-refractivity contribution is 6.02. The molecule has 4 rings (SSSR count). The van der Waals surface area contributed by atoms with Crippen LogP contribution < -0.4 is 15.5 Å². The van der Waals surface area contributed by atoms with E-state index in [-0.39, 0.29) is 30.2 Å². The number of hydrogen-bond donors (Lipinski definition) is 2. The van der Waals surface area contributed by atoms with Crippen molar-refractivity contribution in [1.29, 1.82) is 0 Å². The predicted octanol–water partition coefficient (Wildman–Crippen LogP) is 1.36. The molecule has 0 bridgehead atoms. The molecular formula is C18H20F2N8O. The summed E-state index contributed by atoms with van der Waals surface area (Å²) < 4.78 is 30.1. The molecule has 1 unspecified atom stereocenters. The molecule has 152 valence electrons. The average Bonchev–Trinajstić information content (AvgIpc) is 3.25. The highest BCUT2D eigenvalue weighted by atomic mass is 19.1. The number of anilines is 2. The summed E-state index contributed by atoms with van der Waals surface area (Å²) in [6, 6.07) is 0. The number of imidazole rings is 1. The summed E-state index contributed by atoms with van der Waals surface area (Å²) in [5.74, 6) is -0.847. The number of amides is 1. The lowest BCUT2D eigenvalue weighted by atomic mass is 10.1. The van der Waals surface area contributed by atoms with Gasteiger partial charge in [-0.2, -0.15) is 9.37 Å². The Morgan fingerprint density at radius 3 is 2.83 bits per heavy atom. The molecule has 1 fully saturated rings. The minimum atomic E-state index is -1.31. The van der Waals surface area contributed by atoms with Crippen LogP contribution in [-0.2, 0) is 0 Å². The van der Waals surface area contributed by atoms with Crippen molar-refractivity contribution in [2.24, 2.45) is 0 Å². The minimum Gasteiger partial charge on any atom is -0.352 e. The van der Waals surface area contributed by atoms with E-state index in [9.17, 15) is 13.6 Å². The third-order valence-electron chi connectivity index (χ3n) is 4.75. The van der Waals surface area contributed by atoms with Gasteiger partial charge in [-0.3, -0.25) is 9.20 Å². The number of fused-ring (bicyclic) bond motifs is 1. The van der Waals surface area contributed by atoms with Gasteiger partial charge in [-0.15, -0.1) is 0 Å². The molecule has 1 saturated heterocycles. The Morgan fingerprint density at radius 2 is 2.10 bits per heavy atom. The van der Waals surface area contributed by atoms with Crippen molar-refractivity contribution in [2.45, 2.75) is 19.0 Å². The zero-order chi connectivity index (χ0) is 20.6. The van der Waals surface area contributed by atoms with Crippen LogP contribution in [-0.4, -0.2) is 62.6 Å². The van der Waals surface area contributed by atoms with Crippen LogP contribution in [0.25, 0.3) is 5.65 Å². The van der Waals surface area contributed by atoms with Crippen molar-refractivity contribution < 1.29 is 13.6 Å². The van der Waals surface area contributed by atoms with Crippen LogP contribution in [0.4, 0.5) is 20.4 Å². The maximum absolute atomic E-state index is 14.6. The molecule has 0 aromatic carbocycles. The van der Waals surface area contributed by atoms with Gasteiger partial charge in [0.1, 0.15) is 17.2 Å². The second kappa shape index (κ2) is 7.32. The Kier molecular flexibility index (Phi) is 4.82. The van der Waals surface area contributed by atoms with Gasteiger partial charge in [0.25, 0.3) is 11.9 Å². The monoisotopic (exact) mass is 402 g/mol. The number of hydrogen-bond acceptors (Lipinski definition) is 7. The van der Waals surface area contributed by atoms with Crippen LogP contribution in [0.5, 0.6) is 0 Å². The van der Waals surface area contributed by atoms with Crippen LogP contribution in [0.3, 0.4) is 0 Å². The summed E-state index contributed by atoms with van der Waals surface area (Å²) in [7, 11) is 1.71. The van der Waals surface area contributed by atoms with Crippen molar-refractivity contribution in [3.05, 3.63) is 42.1 Å². The summed E-state index contributed by atoms with van der Waals surface area (Å²) in [5.41, 5.74) is -0.562. The Bertz CT molecular complexity index is 1050. The van der Waals surface area contributed by atoms with Crippen LogP contribution in [0, 0.1) is 12.9 Å². The normalized spacial score (nSPS) is 19.1. The molecule has 1 amide bonds. The van der Waals surface area contributed by atoms with E-state index in [1.807, 2.05) is 0 Å². The first kappa shape index (κ1) is 19.1. The van der Waals surface area contributed by atoms with Crippen LogP contribution in [0.1, 0.15) is 22.6 Å². The summed E-state index contributed by atoms with van der Waals surface area (Å²) in [4.78, 5) is 30.3. The van der Waals surface area contributed by atoms with E-state index in [1.54, 1.807) is 25.1 Å². The number of halogens is 2. The second-order valence-corrected chi connectivity index (χ2v) is 7.10. The molecule has 0 radical (unpaired) electrons. The summed E-state index contributed by atoms with van der Waals surface area (Å²) >= 11 is 0. The Labute approximate surface area is 165 Å². The molecule has 3 aromatic rings. The molecular weight excluding hydrogens is 382 g/mol. The number of nitrogens with one attached hydrogen (secondary N) is 2. The Morgan fingerprint density at radius 1 is 1.28 bits per heavy atom. The van der Waals surface area contributed by atoms with Crippen molar-refractivity contribution in [1.82, 2.24) is 29.7 Å².